The molecule has 0 aliphatic carbocycles. The minimum Gasteiger partial charge on any atom is -0.507 e. The maximum absolute atomic E-state index is 12.2. The normalized spacial score (nSPS) is 11.0. The number of hydrazone groups is 1. The molecule has 0 saturated heterocycles. The van der Waals surface area contributed by atoms with Crippen molar-refractivity contribution in [2.45, 2.75) is 0 Å². The number of furan rings is 1. The second kappa shape index (κ2) is 7.46. The summed E-state index contributed by atoms with van der Waals surface area (Å²) in [6.45, 7) is 0. The van der Waals surface area contributed by atoms with Crippen LogP contribution in [-0.2, 0) is 0 Å². The molecule has 0 aliphatic heterocycles. The molecule has 27 heavy (non-hydrogen) atoms. The van der Waals surface area contributed by atoms with E-state index < -0.39 is 10.8 Å². The van der Waals surface area contributed by atoms with Crippen LogP contribution in [0.5, 0.6) is 11.5 Å². The van der Waals surface area contributed by atoms with Crippen LogP contribution in [-0.4, -0.2) is 29.3 Å². The Morgan fingerprint density at radius 3 is 2.85 bits per heavy atom. The molecule has 0 unspecified atom stereocenters. The van der Waals surface area contributed by atoms with E-state index in [1.54, 1.807) is 12.1 Å². The summed E-state index contributed by atoms with van der Waals surface area (Å²) in [5, 5.41) is 24.9. The number of benzene rings is 2. The minimum absolute atomic E-state index is 0.00168. The van der Waals surface area contributed by atoms with Crippen molar-refractivity contribution in [2.75, 3.05) is 7.11 Å². The zero-order chi connectivity index (χ0) is 19.6. The van der Waals surface area contributed by atoms with Crippen molar-refractivity contribution in [3.63, 3.8) is 0 Å². The van der Waals surface area contributed by atoms with E-state index in [1.165, 1.54) is 19.2 Å². The minimum atomic E-state index is -0.634. The van der Waals surface area contributed by atoms with Crippen LogP contribution in [0.2, 0.25) is 0 Å². The third kappa shape index (κ3) is 3.90. The Balaban J connectivity index is 1.80. The van der Waals surface area contributed by atoms with Gasteiger partial charge in [-0.15, -0.1) is 0 Å². The summed E-state index contributed by atoms with van der Waals surface area (Å²) in [4.78, 5) is 22.4. The Labute approximate surface area is 160 Å². The number of phenolic OH excluding ortho intramolecular Hbond substituents is 1. The number of non-ortho nitro benzene ring substituents is 1. The number of carbonyl (C=O) groups is 1. The third-order valence-electron chi connectivity index (χ3n) is 3.58. The van der Waals surface area contributed by atoms with Gasteiger partial charge in [-0.1, -0.05) is 15.9 Å². The number of halogens is 1. The van der Waals surface area contributed by atoms with Crippen LogP contribution in [0.25, 0.3) is 11.0 Å². The molecule has 138 valence electrons. The smallest absolute Gasteiger partial charge is 0.307 e. The van der Waals surface area contributed by atoms with Crippen molar-refractivity contribution in [1.82, 2.24) is 5.43 Å². The summed E-state index contributed by atoms with van der Waals surface area (Å²) in [5.74, 6) is -0.382. The highest BCUT2D eigenvalue weighted by atomic mass is 79.9. The number of fused-ring (bicyclic) bond motifs is 1. The van der Waals surface area contributed by atoms with E-state index in [4.69, 9.17) is 9.15 Å². The molecule has 1 aromatic heterocycles. The molecule has 0 aliphatic rings. The van der Waals surface area contributed by atoms with Crippen LogP contribution in [0.4, 0.5) is 5.69 Å². The number of nitrogens with one attached hydrogen (secondary N) is 1. The molecule has 0 saturated carbocycles. The number of nitrogens with zero attached hydrogens (tertiary/aromatic N) is 2. The molecule has 0 bridgehead atoms. The van der Waals surface area contributed by atoms with E-state index in [2.05, 4.69) is 26.5 Å². The van der Waals surface area contributed by atoms with Crippen LogP contribution in [0, 0.1) is 10.1 Å². The van der Waals surface area contributed by atoms with Gasteiger partial charge in [-0.25, -0.2) is 5.43 Å². The van der Waals surface area contributed by atoms with Crippen LogP contribution in [0.3, 0.4) is 0 Å². The number of rotatable bonds is 5. The molecule has 3 rings (SSSR count). The van der Waals surface area contributed by atoms with E-state index in [1.807, 2.05) is 0 Å². The molecular weight excluding hydrogens is 422 g/mol. The number of hydrogen-bond donors (Lipinski definition) is 2. The average molecular weight is 434 g/mol. The zero-order valence-corrected chi connectivity index (χ0v) is 15.4. The van der Waals surface area contributed by atoms with Gasteiger partial charge in [-0.3, -0.25) is 14.9 Å². The van der Waals surface area contributed by atoms with Gasteiger partial charge in [-0.05, 0) is 24.3 Å². The zero-order valence-electron chi connectivity index (χ0n) is 13.8. The number of hydrogen-bond acceptors (Lipinski definition) is 7. The average Bonchev–Trinajstić information content (AvgIpc) is 3.06. The fraction of sp³-hybridized carbons (Fsp3) is 0.0588. The molecule has 1 heterocycles. The number of ether oxygens (including phenoxy) is 1. The van der Waals surface area contributed by atoms with E-state index in [-0.39, 0.29) is 22.8 Å². The fourth-order valence-electron chi connectivity index (χ4n) is 2.32. The topological polar surface area (TPSA) is 127 Å². The number of nitro groups is 1. The molecule has 0 fully saturated rings. The number of methoxy groups -OCH3 is 1. The van der Waals surface area contributed by atoms with E-state index in [0.29, 0.717) is 16.7 Å². The van der Waals surface area contributed by atoms with Crippen molar-refractivity contribution < 1.29 is 24.0 Å². The Hall–Kier alpha value is -3.40. The van der Waals surface area contributed by atoms with E-state index in [9.17, 15) is 20.0 Å². The van der Waals surface area contributed by atoms with Gasteiger partial charge in [0.1, 0.15) is 5.75 Å². The fourth-order valence-corrected chi connectivity index (χ4v) is 2.78. The molecule has 0 atom stereocenters. The van der Waals surface area contributed by atoms with Gasteiger partial charge in [0.05, 0.1) is 18.2 Å². The first-order chi connectivity index (χ1) is 12.9. The van der Waals surface area contributed by atoms with E-state index >= 15 is 0 Å². The lowest BCUT2D eigenvalue weighted by Gasteiger charge is -2.01. The van der Waals surface area contributed by atoms with Crippen LogP contribution in [0.15, 0.2) is 50.4 Å². The Morgan fingerprint density at radius 1 is 1.37 bits per heavy atom. The summed E-state index contributed by atoms with van der Waals surface area (Å²) in [6, 6.07) is 8.46. The summed E-state index contributed by atoms with van der Waals surface area (Å²) >= 11 is 3.34. The van der Waals surface area contributed by atoms with Crippen LogP contribution < -0.4 is 10.2 Å². The SMILES string of the molecule is COc1cc(Br)cc2cc(C(=O)N/N=C\c3cc([N+](=O)[O-])ccc3O)oc12. The maximum Gasteiger partial charge on any atom is 0.307 e. The van der Waals surface area contributed by atoms with Crippen molar-refractivity contribution in [1.29, 1.82) is 0 Å². The number of phenols is 1. The van der Waals surface area contributed by atoms with Gasteiger partial charge in [0, 0.05) is 27.6 Å². The van der Waals surface area contributed by atoms with Crippen molar-refractivity contribution in [2.24, 2.45) is 5.10 Å². The maximum atomic E-state index is 12.2. The van der Waals surface area contributed by atoms with E-state index in [0.717, 1.165) is 22.8 Å². The van der Waals surface area contributed by atoms with Gasteiger partial charge in [0.2, 0.25) is 0 Å². The first-order valence-electron chi connectivity index (χ1n) is 7.47. The first-order valence-corrected chi connectivity index (χ1v) is 8.26. The lowest BCUT2D eigenvalue weighted by Crippen LogP contribution is -2.16. The van der Waals surface area contributed by atoms with Crippen molar-refractivity contribution in [3.05, 3.63) is 62.3 Å². The second-order valence-corrected chi connectivity index (χ2v) is 6.25. The molecule has 2 aromatic carbocycles. The number of carbonyl (C=O) groups excluding carboxylic acids is 1. The summed E-state index contributed by atoms with van der Waals surface area (Å²) in [7, 11) is 1.49. The summed E-state index contributed by atoms with van der Waals surface area (Å²) in [5.41, 5.74) is 2.52. The van der Waals surface area contributed by atoms with Crippen molar-refractivity contribution >= 4 is 44.7 Å². The van der Waals surface area contributed by atoms with Gasteiger partial charge in [-0.2, -0.15) is 5.10 Å². The van der Waals surface area contributed by atoms with Crippen LogP contribution >= 0.6 is 15.9 Å². The quantitative estimate of drug-likeness (QED) is 0.359. The molecule has 1 amide bonds. The standard InChI is InChI=1S/C17H12BrN3O6/c1-26-14-7-11(18)4-9-6-15(27-16(9)14)17(23)20-19-8-10-5-12(21(24)25)2-3-13(10)22/h2-8,22H,1H3,(H,20,23)/b19-8-. The molecular formula is C17H12BrN3O6. The van der Waals surface area contributed by atoms with Crippen molar-refractivity contribution in [3.8, 4) is 11.5 Å². The summed E-state index contributed by atoms with van der Waals surface area (Å²) in [6.07, 6.45) is 1.10. The monoisotopic (exact) mass is 433 g/mol. The second-order valence-electron chi connectivity index (χ2n) is 5.34. The highest BCUT2D eigenvalue weighted by Gasteiger charge is 2.15. The highest BCUT2D eigenvalue weighted by molar-refractivity contribution is 9.10. The Kier molecular flexibility index (Phi) is 5.08. The van der Waals surface area contributed by atoms with Gasteiger partial charge in [0.25, 0.3) is 5.69 Å². The molecule has 2 N–H and O–H groups in total. The molecule has 9 nitrogen and oxygen atoms in total. The Bertz CT molecular complexity index is 1080. The third-order valence-corrected chi connectivity index (χ3v) is 4.04. The summed E-state index contributed by atoms with van der Waals surface area (Å²) < 4.78 is 11.5. The Morgan fingerprint density at radius 2 is 2.15 bits per heavy atom. The molecule has 3 aromatic rings. The lowest BCUT2D eigenvalue weighted by atomic mass is 10.2. The highest BCUT2D eigenvalue weighted by Crippen LogP contribution is 2.32. The largest absolute Gasteiger partial charge is 0.507 e. The molecule has 10 heteroatoms. The van der Waals surface area contributed by atoms with Gasteiger partial charge >= 0.3 is 5.91 Å². The number of aromatic hydroxyl groups is 1. The molecule has 0 radical (unpaired) electrons. The number of nitro benzene ring substituents is 1. The predicted octanol–water partition coefficient (Wildman–Crippen LogP) is 3.58. The predicted molar refractivity (Wildman–Crippen MR) is 100 cm³/mol. The first kappa shape index (κ1) is 18.4. The lowest BCUT2D eigenvalue weighted by molar-refractivity contribution is -0.384. The van der Waals surface area contributed by atoms with Gasteiger partial charge in [0.15, 0.2) is 17.1 Å². The van der Waals surface area contributed by atoms with Gasteiger partial charge < -0.3 is 14.3 Å². The number of amides is 1. The molecule has 0 spiro atoms. The van der Waals surface area contributed by atoms with Crippen LogP contribution in [0.1, 0.15) is 16.1 Å².